The van der Waals surface area contributed by atoms with Crippen LogP contribution in [-0.2, 0) is 12.8 Å². The number of thiophene rings is 2. The van der Waals surface area contributed by atoms with Crippen LogP contribution in [0.2, 0.25) is 4.34 Å². The van der Waals surface area contributed by atoms with Gasteiger partial charge in [-0.25, -0.2) is 9.80 Å². The van der Waals surface area contributed by atoms with E-state index in [1.54, 1.807) is 22.5 Å². The third-order valence-corrected chi connectivity index (χ3v) is 8.39. The van der Waals surface area contributed by atoms with E-state index in [2.05, 4.69) is 11.8 Å². The zero-order valence-electron chi connectivity index (χ0n) is 19.1. The first-order valence-electron chi connectivity index (χ1n) is 11.1. The van der Waals surface area contributed by atoms with Crippen LogP contribution in [0.5, 0.6) is 0 Å². The molecule has 0 bridgehead atoms. The Labute approximate surface area is 226 Å². The molecule has 0 saturated heterocycles. The highest BCUT2D eigenvalue weighted by atomic mass is 35.5. The van der Waals surface area contributed by atoms with Crippen LogP contribution in [0.1, 0.15) is 37.7 Å². The highest BCUT2D eigenvalue weighted by Gasteiger charge is 2.23. The number of hydrogen-bond acceptors (Lipinski definition) is 7. The summed E-state index contributed by atoms with van der Waals surface area (Å²) in [7, 11) is 0. The van der Waals surface area contributed by atoms with Crippen molar-refractivity contribution in [2.75, 3.05) is 13.1 Å². The van der Waals surface area contributed by atoms with E-state index >= 15 is 0 Å². The molecule has 4 rings (SSSR count). The van der Waals surface area contributed by atoms with Crippen molar-refractivity contribution < 1.29 is 19.8 Å². The molecule has 0 fully saturated rings. The Morgan fingerprint density at radius 3 is 2.75 bits per heavy atom. The smallest absolute Gasteiger partial charge is 0.345 e. The molecule has 0 spiro atoms. The van der Waals surface area contributed by atoms with E-state index in [0.717, 1.165) is 33.3 Å². The number of halogens is 1. The average Bonchev–Trinajstić information content (AvgIpc) is 3.50. The average molecular weight is 559 g/mol. The van der Waals surface area contributed by atoms with Crippen LogP contribution in [0.15, 0.2) is 59.5 Å². The molecule has 1 amide bonds. The number of hydrazine groups is 1. The predicted octanol–water partition coefficient (Wildman–Crippen LogP) is 5.95. The minimum atomic E-state index is -0.946. The number of carbonyl (C=O) groups excluding carboxylic acids is 1. The van der Waals surface area contributed by atoms with E-state index in [-0.39, 0.29) is 10.1 Å². The molecular weight excluding hydrogens is 536 g/mol. The van der Waals surface area contributed by atoms with Crippen molar-refractivity contribution in [2.45, 2.75) is 25.4 Å². The van der Waals surface area contributed by atoms with Gasteiger partial charge < -0.3 is 10.2 Å². The van der Waals surface area contributed by atoms with Crippen LogP contribution in [0.3, 0.4) is 0 Å². The molecule has 0 saturated carbocycles. The molecule has 1 unspecified atom stereocenters. The first-order valence-corrected chi connectivity index (χ1v) is 14.1. The highest BCUT2D eigenvalue weighted by Crippen LogP contribution is 2.24. The van der Waals surface area contributed by atoms with Crippen molar-refractivity contribution in [3.8, 4) is 11.8 Å². The maximum absolute atomic E-state index is 12.5. The summed E-state index contributed by atoms with van der Waals surface area (Å²) in [6, 6.07) is 13.0. The van der Waals surface area contributed by atoms with Gasteiger partial charge in [-0.15, -0.1) is 22.7 Å². The molecule has 0 radical (unpaired) electrons. The maximum Gasteiger partial charge on any atom is 0.345 e. The van der Waals surface area contributed by atoms with Gasteiger partial charge in [0.15, 0.2) is 0 Å². The minimum Gasteiger partial charge on any atom is -0.477 e. The number of carbonyl (C=O) groups is 2. The molecule has 1 aromatic carbocycles. The SMILES string of the molecule is O=C(O)c1ccc(CCN2C(=O)SC=CN2CCC(O)Cc2cccc(C#Cc3ccsc3Cl)c2)s1. The molecule has 2 aromatic heterocycles. The highest BCUT2D eigenvalue weighted by molar-refractivity contribution is 8.16. The summed E-state index contributed by atoms with van der Waals surface area (Å²) in [4.78, 5) is 24.8. The summed E-state index contributed by atoms with van der Waals surface area (Å²) in [5, 5.41) is 26.8. The van der Waals surface area contributed by atoms with Gasteiger partial charge in [-0.2, -0.15) is 0 Å². The third-order valence-electron chi connectivity index (χ3n) is 5.41. The van der Waals surface area contributed by atoms with Crippen molar-refractivity contribution >= 4 is 57.2 Å². The van der Waals surface area contributed by atoms with Gasteiger partial charge in [0.25, 0.3) is 0 Å². The third kappa shape index (κ3) is 7.15. The molecule has 1 aliphatic heterocycles. The number of aliphatic hydroxyl groups is 1. The summed E-state index contributed by atoms with van der Waals surface area (Å²) in [5.74, 6) is 5.26. The van der Waals surface area contributed by atoms with E-state index in [0.29, 0.717) is 36.7 Å². The molecule has 186 valence electrons. The molecule has 10 heteroatoms. The Kier molecular flexibility index (Phi) is 9.13. The Hall–Kier alpha value is -2.74. The van der Waals surface area contributed by atoms with Gasteiger partial charge in [0.1, 0.15) is 9.21 Å². The summed E-state index contributed by atoms with van der Waals surface area (Å²) in [6.07, 6.45) is 2.75. The van der Waals surface area contributed by atoms with Gasteiger partial charge in [-0.1, -0.05) is 35.6 Å². The number of rotatable bonds is 9. The number of nitrogens with zero attached hydrogens (tertiary/aromatic N) is 2. The van der Waals surface area contributed by atoms with Gasteiger partial charge in [-0.05, 0) is 71.3 Å². The first kappa shape index (κ1) is 26.3. The number of amides is 1. The lowest BCUT2D eigenvalue weighted by atomic mass is 10.0. The lowest BCUT2D eigenvalue weighted by molar-refractivity contribution is 0.0548. The second-order valence-electron chi connectivity index (χ2n) is 7.98. The van der Waals surface area contributed by atoms with E-state index in [1.165, 1.54) is 22.7 Å². The van der Waals surface area contributed by atoms with E-state index in [1.807, 2.05) is 46.9 Å². The fourth-order valence-corrected chi connectivity index (χ4v) is 5.92. The minimum absolute atomic E-state index is 0.0981. The summed E-state index contributed by atoms with van der Waals surface area (Å²) < 4.78 is 0.673. The fourth-order valence-electron chi connectivity index (χ4n) is 3.62. The van der Waals surface area contributed by atoms with Crippen molar-refractivity contribution in [3.05, 3.63) is 90.2 Å². The van der Waals surface area contributed by atoms with Crippen molar-refractivity contribution in [2.24, 2.45) is 0 Å². The van der Waals surface area contributed by atoms with Crippen LogP contribution >= 0.6 is 46.0 Å². The number of aromatic carboxylic acids is 1. The van der Waals surface area contributed by atoms with Crippen LogP contribution in [0.25, 0.3) is 0 Å². The van der Waals surface area contributed by atoms with Crippen molar-refractivity contribution in [1.29, 1.82) is 0 Å². The van der Waals surface area contributed by atoms with Gasteiger partial charge in [0.2, 0.25) is 0 Å². The number of carboxylic acids is 1. The zero-order chi connectivity index (χ0) is 25.5. The molecule has 2 N–H and O–H groups in total. The predicted molar refractivity (Wildman–Crippen MR) is 147 cm³/mol. The van der Waals surface area contributed by atoms with Crippen LogP contribution < -0.4 is 0 Å². The topological polar surface area (TPSA) is 81.1 Å². The van der Waals surface area contributed by atoms with E-state index < -0.39 is 12.1 Å². The number of hydrogen-bond donors (Lipinski definition) is 2. The summed E-state index contributed by atoms with van der Waals surface area (Å²) in [5.41, 5.74) is 2.64. The molecule has 0 aliphatic carbocycles. The zero-order valence-corrected chi connectivity index (χ0v) is 22.3. The Morgan fingerprint density at radius 2 is 2.00 bits per heavy atom. The van der Waals surface area contributed by atoms with Crippen LogP contribution in [0.4, 0.5) is 4.79 Å². The number of aliphatic hydroxyl groups excluding tert-OH is 1. The van der Waals surface area contributed by atoms with Crippen LogP contribution in [-0.4, -0.2) is 50.6 Å². The van der Waals surface area contributed by atoms with E-state index in [9.17, 15) is 14.7 Å². The fraction of sp³-hybridized carbons (Fsp3) is 0.231. The standard InChI is InChI=1S/C26H23ClN2O4S3/c27-24-20(10-14-34-24)5-4-18-2-1-3-19(16-18)17-21(30)8-11-28-13-15-35-26(33)29(28)12-9-22-6-7-23(36-22)25(31)32/h1-3,6-7,10,13-16,21,30H,8-9,11-12,17H2,(H,31,32). The lowest BCUT2D eigenvalue weighted by Gasteiger charge is -2.36. The van der Waals surface area contributed by atoms with E-state index in [4.69, 9.17) is 16.7 Å². The monoisotopic (exact) mass is 558 g/mol. The second-order valence-corrected chi connectivity index (χ2v) is 11.5. The quantitative estimate of drug-likeness (QED) is 0.316. The Balaban J connectivity index is 1.31. The number of thioether (sulfide) groups is 1. The number of carboxylic acid groups (broad SMARTS) is 1. The van der Waals surface area contributed by atoms with Gasteiger partial charge in [0.05, 0.1) is 11.7 Å². The summed E-state index contributed by atoms with van der Waals surface area (Å²) in [6.45, 7) is 0.908. The van der Waals surface area contributed by atoms with Gasteiger partial charge in [0, 0.05) is 36.2 Å². The normalized spacial score (nSPS) is 14.0. The molecule has 3 heterocycles. The van der Waals surface area contributed by atoms with Crippen LogP contribution in [0, 0.1) is 11.8 Å². The van der Waals surface area contributed by atoms with Crippen molar-refractivity contribution in [1.82, 2.24) is 10.0 Å². The first-order chi connectivity index (χ1) is 17.4. The van der Waals surface area contributed by atoms with Gasteiger partial charge >= 0.3 is 11.2 Å². The molecular formula is C26H23ClN2O4S3. The van der Waals surface area contributed by atoms with Crippen molar-refractivity contribution in [3.63, 3.8) is 0 Å². The molecule has 6 nitrogen and oxygen atoms in total. The van der Waals surface area contributed by atoms with Gasteiger partial charge in [-0.3, -0.25) is 9.80 Å². The Bertz CT molecular complexity index is 1320. The second kappa shape index (κ2) is 12.5. The molecule has 36 heavy (non-hydrogen) atoms. The largest absolute Gasteiger partial charge is 0.477 e. The molecule has 3 aromatic rings. The summed E-state index contributed by atoms with van der Waals surface area (Å²) >= 11 is 9.89. The molecule has 1 atom stereocenters. The Morgan fingerprint density at radius 1 is 1.14 bits per heavy atom. The maximum atomic E-state index is 12.5. The lowest BCUT2D eigenvalue weighted by Crippen LogP contribution is -2.45. The molecule has 1 aliphatic rings. The number of benzene rings is 1.